The van der Waals surface area contributed by atoms with Gasteiger partial charge >= 0.3 is 0 Å². The van der Waals surface area contributed by atoms with Crippen LogP contribution in [-0.2, 0) is 16.1 Å². The largest absolute Gasteiger partial charge is 0.550 e. The summed E-state index contributed by atoms with van der Waals surface area (Å²) in [6.45, 7) is 0.269. The molecule has 0 radical (unpaired) electrons. The highest BCUT2D eigenvalue weighted by Gasteiger charge is 2.19. The number of para-hydroxylation sites is 2. The van der Waals surface area contributed by atoms with Crippen LogP contribution in [0.15, 0.2) is 71.3 Å². The number of carbonyl (C=O) groups excluding carboxylic acids is 2. The minimum absolute atomic E-state index is 0.106. The molecule has 7 nitrogen and oxygen atoms in total. The van der Waals surface area contributed by atoms with Gasteiger partial charge in [0.2, 0.25) is 5.91 Å². The number of amides is 1. The molecular weight excluding hydrogens is 382 g/mol. The second-order valence-electron chi connectivity index (χ2n) is 7.05. The third-order valence-electron chi connectivity index (χ3n) is 4.85. The second-order valence-corrected chi connectivity index (χ2v) is 7.05. The number of benzene rings is 2. The quantitative estimate of drug-likeness (QED) is 0.474. The Labute approximate surface area is 173 Å². The summed E-state index contributed by atoms with van der Waals surface area (Å²) in [6, 6.07) is 19.3. The minimum Gasteiger partial charge on any atom is -0.550 e. The normalized spacial score (nSPS) is 11.0. The summed E-state index contributed by atoms with van der Waals surface area (Å²) < 4.78 is 7.75. The molecule has 0 aliphatic heterocycles. The molecule has 0 N–H and O–H groups in total. The Hall–Kier alpha value is -3.87. The van der Waals surface area contributed by atoms with Crippen LogP contribution in [0.3, 0.4) is 0 Å². The van der Waals surface area contributed by atoms with Gasteiger partial charge in [-0.25, -0.2) is 4.68 Å². The van der Waals surface area contributed by atoms with E-state index in [1.807, 2.05) is 66.9 Å². The Morgan fingerprint density at radius 1 is 1.07 bits per heavy atom. The van der Waals surface area contributed by atoms with E-state index >= 15 is 0 Å². The number of aromatic nitrogens is 2. The molecular formula is C23H20N3O4-. The molecule has 0 bridgehead atoms. The minimum atomic E-state index is -1.24. The molecule has 0 saturated heterocycles. The van der Waals surface area contributed by atoms with Crippen LogP contribution >= 0.6 is 0 Å². The maximum atomic E-state index is 12.3. The van der Waals surface area contributed by atoms with E-state index in [2.05, 4.69) is 0 Å². The van der Waals surface area contributed by atoms with Gasteiger partial charge in [0, 0.05) is 43.1 Å². The Balaban J connectivity index is 1.69. The van der Waals surface area contributed by atoms with Crippen molar-refractivity contribution in [2.24, 2.45) is 0 Å². The van der Waals surface area contributed by atoms with Gasteiger partial charge in [-0.3, -0.25) is 4.79 Å². The molecule has 0 fully saturated rings. The lowest BCUT2D eigenvalue weighted by molar-refractivity contribution is -0.305. The molecule has 1 amide bonds. The molecule has 2 aromatic heterocycles. The highest BCUT2D eigenvalue weighted by atomic mass is 16.4. The molecule has 7 heteroatoms. The predicted molar refractivity (Wildman–Crippen MR) is 109 cm³/mol. The van der Waals surface area contributed by atoms with Crippen molar-refractivity contribution < 1.29 is 19.1 Å². The zero-order valence-corrected chi connectivity index (χ0v) is 16.4. The first-order valence-corrected chi connectivity index (χ1v) is 9.58. The fraction of sp³-hybridized carbons (Fsp3) is 0.174. The summed E-state index contributed by atoms with van der Waals surface area (Å²) >= 11 is 0. The van der Waals surface area contributed by atoms with Crippen LogP contribution in [0.25, 0.3) is 28.1 Å². The van der Waals surface area contributed by atoms with E-state index in [0.717, 1.165) is 22.2 Å². The molecule has 0 aliphatic carbocycles. The molecule has 0 aliphatic rings. The smallest absolute Gasteiger partial charge is 0.222 e. The highest BCUT2D eigenvalue weighted by molar-refractivity contribution is 5.83. The number of carboxylic acids is 1. The van der Waals surface area contributed by atoms with Crippen molar-refractivity contribution >= 4 is 22.8 Å². The third kappa shape index (κ3) is 4.10. The number of carboxylic acid groups (broad SMARTS) is 1. The van der Waals surface area contributed by atoms with Gasteiger partial charge in [-0.1, -0.05) is 36.4 Å². The van der Waals surface area contributed by atoms with Crippen LogP contribution in [-0.4, -0.2) is 33.6 Å². The zero-order valence-electron chi connectivity index (χ0n) is 16.4. The van der Waals surface area contributed by atoms with Crippen molar-refractivity contribution in [1.29, 1.82) is 0 Å². The first-order chi connectivity index (χ1) is 14.5. The third-order valence-corrected chi connectivity index (χ3v) is 4.85. The van der Waals surface area contributed by atoms with Crippen molar-refractivity contribution in [3.63, 3.8) is 0 Å². The highest BCUT2D eigenvalue weighted by Crippen LogP contribution is 2.30. The number of rotatable bonds is 7. The van der Waals surface area contributed by atoms with Gasteiger partial charge in [-0.15, -0.1) is 0 Å². The van der Waals surface area contributed by atoms with Crippen LogP contribution in [0.1, 0.15) is 18.4 Å². The molecule has 4 aromatic rings. The maximum Gasteiger partial charge on any atom is 0.222 e. The van der Waals surface area contributed by atoms with Crippen LogP contribution in [0, 0.1) is 0 Å². The molecule has 0 atom stereocenters. The van der Waals surface area contributed by atoms with Crippen molar-refractivity contribution in [1.82, 2.24) is 14.7 Å². The SMILES string of the molecule is CN(Cc1cn(-c2ccccc2)nc1-c1cc2ccccc2o1)C(=O)CCC(=O)[O-]. The average molecular weight is 402 g/mol. The van der Waals surface area contributed by atoms with Crippen LogP contribution in [0.2, 0.25) is 0 Å². The molecule has 4 rings (SSSR count). The van der Waals surface area contributed by atoms with E-state index in [9.17, 15) is 14.7 Å². The average Bonchev–Trinajstić information content (AvgIpc) is 3.36. The second kappa shape index (κ2) is 8.24. The van der Waals surface area contributed by atoms with E-state index < -0.39 is 5.97 Å². The van der Waals surface area contributed by atoms with Gasteiger partial charge in [-0.2, -0.15) is 5.10 Å². The summed E-state index contributed by atoms with van der Waals surface area (Å²) in [5, 5.41) is 16.3. The van der Waals surface area contributed by atoms with E-state index in [1.54, 1.807) is 11.7 Å². The lowest BCUT2D eigenvalue weighted by atomic mass is 10.1. The molecule has 0 saturated carbocycles. The molecule has 0 spiro atoms. The van der Waals surface area contributed by atoms with Crippen LogP contribution < -0.4 is 5.11 Å². The fourth-order valence-electron chi connectivity index (χ4n) is 3.29. The number of carbonyl (C=O) groups is 2. The van der Waals surface area contributed by atoms with E-state index in [4.69, 9.17) is 9.52 Å². The summed E-state index contributed by atoms with van der Waals surface area (Å²) in [7, 11) is 1.64. The Bertz CT molecular complexity index is 1160. The number of nitrogens with zero attached hydrogens (tertiary/aromatic N) is 3. The first-order valence-electron chi connectivity index (χ1n) is 9.58. The van der Waals surface area contributed by atoms with Gasteiger partial charge in [-0.05, 0) is 30.7 Å². The van der Waals surface area contributed by atoms with Crippen molar-refractivity contribution in [2.75, 3.05) is 7.05 Å². The van der Waals surface area contributed by atoms with Gasteiger partial charge in [0.25, 0.3) is 0 Å². The molecule has 152 valence electrons. The Morgan fingerprint density at radius 3 is 2.53 bits per heavy atom. The van der Waals surface area contributed by atoms with E-state index in [-0.39, 0.29) is 25.3 Å². The molecule has 2 aromatic carbocycles. The monoisotopic (exact) mass is 402 g/mol. The summed E-state index contributed by atoms with van der Waals surface area (Å²) in [5.41, 5.74) is 3.06. The lowest BCUT2D eigenvalue weighted by Gasteiger charge is -2.17. The number of hydrogen-bond donors (Lipinski definition) is 0. The van der Waals surface area contributed by atoms with Gasteiger partial charge in [0.05, 0.1) is 5.69 Å². The van der Waals surface area contributed by atoms with Crippen molar-refractivity contribution in [3.05, 3.63) is 72.4 Å². The molecule has 2 heterocycles. The topological polar surface area (TPSA) is 91.4 Å². The Kier molecular flexibility index (Phi) is 5.34. The van der Waals surface area contributed by atoms with Crippen LogP contribution in [0.5, 0.6) is 0 Å². The lowest BCUT2D eigenvalue weighted by Crippen LogP contribution is -2.29. The zero-order chi connectivity index (χ0) is 21.1. The Morgan fingerprint density at radius 2 is 1.80 bits per heavy atom. The van der Waals surface area contributed by atoms with Gasteiger partial charge < -0.3 is 19.2 Å². The van der Waals surface area contributed by atoms with Crippen molar-refractivity contribution in [3.8, 4) is 17.1 Å². The number of furan rings is 1. The summed E-state index contributed by atoms with van der Waals surface area (Å²) in [6.07, 6.45) is 1.45. The van der Waals surface area contributed by atoms with Gasteiger partial charge in [0.1, 0.15) is 11.3 Å². The maximum absolute atomic E-state index is 12.3. The first kappa shape index (κ1) is 19.4. The van der Waals surface area contributed by atoms with Crippen molar-refractivity contribution in [2.45, 2.75) is 19.4 Å². The summed E-state index contributed by atoms with van der Waals surface area (Å²) in [5.74, 6) is -0.907. The molecule has 0 unspecified atom stereocenters. The fourth-order valence-corrected chi connectivity index (χ4v) is 3.29. The summed E-state index contributed by atoms with van der Waals surface area (Å²) in [4.78, 5) is 24.5. The molecule has 30 heavy (non-hydrogen) atoms. The number of aliphatic carboxylic acids is 1. The van der Waals surface area contributed by atoms with Crippen LogP contribution in [0.4, 0.5) is 0 Å². The van der Waals surface area contributed by atoms with E-state index in [1.165, 1.54) is 4.90 Å². The number of fused-ring (bicyclic) bond motifs is 1. The predicted octanol–water partition coefficient (Wildman–Crippen LogP) is 2.77. The standard InChI is InChI=1S/C23H21N3O4/c1-25(21(27)11-12-22(28)29)14-17-15-26(18-8-3-2-4-9-18)24-23(17)20-13-16-7-5-6-10-19(16)30-20/h2-10,13,15H,11-12,14H2,1H3,(H,28,29)/p-1. The number of hydrogen-bond acceptors (Lipinski definition) is 5. The van der Waals surface area contributed by atoms with E-state index in [0.29, 0.717) is 11.5 Å². The van der Waals surface area contributed by atoms with Gasteiger partial charge in [0.15, 0.2) is 5.76 Å².